The normalized spacial score (nSPS) is 35.8. The Hall–Kier alpha value is -1.06. The molecule has 4 nitrogen and oxygen atoms in total. The van der Waals surface area contributed by atoms with Crippen molar-refractivity contribution in [1.29, 1.82) is 0 Å². The molecule has 3 fully saturated rings. The summed E-state index contributed by atoms with van der Waals surface area (Å²) in [4.78, 5) is 24.0. The predicted octanol–water partition coefficient (Wildman–Crippen LogP) is 0.718. The molecule has 0 aromatic carbocycles. The number of carboxylic acids is 1. The number of hydrogen-bond donors (Lipinski definition) is 1. The van der Waals surface area contributed by atoms with E-state index in [1.54, 1.807) is 4.90 Å². The van der Waals surface area contributed by atoms with Crippen molar-refractivity contribution in [2.45, 2.75) is 32.2 Å². The minimum Gasteiger partial charge on any atom is -0.481 e. The van der Waals surface area contributed by atoms with Gasteiger partial charge in [-0.3, -0.25) is 9.59 Å². The van der Waals surface area contributed by atoms with Crippen LogP contribution in [0.15, 0.2) is 0 Å². The number of fused-ring (bicyclic) bond motifs is 3. The summed E-state index contributed by atoms with van der Waals surface area (Å²) in [5.74, 6) is -0.646. The molecule has 1 N–H and O–H groups in total. The molecule has 1 amide bonds. The van der Waals surface area contributed by atoms with Crippen LogP contribution in [0.2, 0.25) is 0 Å². The molecule has 3 atom stereocenters. The number of carbonyl (C=O) groups is 2. The fraction of sp³-hybridized carbons (Fsp3) is 0.800. The van der Waals surface area contributed by atoms with Gasteiger partial charge in [-0.15, -0.1) is 0 Å². The Morgan fingerprint density at radius 3 is 2.57 bits per heavy atom. The Kier molecular flexibility index (Phi) is 2.21. The molecule has 1 saturated carbocycles. The fourth-order valence-corrected chi connectivity index (χ4v) is 2.82. The number of aliphatic carboxylic acids is 1. The van der Waals surface area contributed by atoms with E-state index in [1.807, 2.05) is 0 Å². The minimum absolute atomic E-state index is 0.0191. The lowest BCUT2D eigenvalue weighted by Crippen LogP contribution is -2.56. The highest BCUT2D eigenvalue weighted by molar-refractivity contribution is 5.77. The number of amides is 1. The van der Waals surface area contributed by atoms with Gasteiger partial charge in [0.1, 0.15) is 0 Å². The van der Waals surface area contributed by atoms with Gasteiger partial charge < -0.3 is 10.0 Å². The summed E-state index contributed by atoms with van der Waals surface area (Å²) in [6, 6.07) is -0.0463. The Morgan fingerprint density at radius 1 is 1.36 bits per heavy atom. The van der Waals surface area contributed by atoms with Crippen LogP contribution in [0.1, 0.15) is 26.2 Å². The second kappa shape index (κ2) is 3.26. The predicted molar refractivity (Wildman–Crippen MR) is 49.6 cm³/mol. The van der Waals surface area contributed by atoms with Crippen LogP contribution >= 0.6 is 0 Å². The zero-order chi connectivity index (χ0) is 10.3. The van der Waals surface area contributed by atoms with Crippen molar-refractivity contribution in [2.24, 2.45) is 11.8 Å². The zero-order valence-corrected chi connectivity index (χ0v) is 8.27. The minimum atomic E-state index is -0.745. The molecule has 1 aliphatic carbocycles. The van der Waals surface area contributed by atoms with E-state index in [0.29, 0.717) is 5.92 Å². The number of hydrogen-bond acceptors (Lipinski definition) is 2. The van der Waals surface area contributed by atoms with E-state index in [9.17, 15) is 9.59 Å². The molecule has 0 radical (unpaired) electrons. The Balaban J connectivity index is 2.19. The van der Waals surface area contributed by atoms with Crippen molar-refractivity contribution in [2.75, 3.05) is 6.54 Å². The van der Waals surface area contributed by atoms with Gasteiger partial charge in [-0.25, -0.2) is 0 Å². The molecule has 2 aliphatic heterocycles. The monoisotopic (exact) mass is 197 g/mol. The van der Waals surface area contributed by atoms with Gasteiger partial charge in [-0.1, -0.05) is 0 Å². The lowest BCUT2D eigenvalue weighted by Gasteiger charge is -2.48. The maximum absolute atomic E-state index is 11.3. The smallest absolute Gasteiger partial charge is 0.308 e. The molecule has 4 heteroatoms. The summed E-state index contributed by atoms with van der Waals surface area (Å²) >= 11 is 0. The quantitative estimate of drug-likeness (QED) is 0.673. The second-order valence-electron chi connectivity index (χ2n) is 4.36. The maximum Gasteiger partial charge on any atom is 0.308 e. The molecule has 2 heterocycles. The van der Waals surface area contributed by atoms with Gasteiger partial charge in [0.15, 0.2) is 0 Å². The molecule has 2 bridgehead atoms. The van der Waals surface area contributed by atoms with Crippen LogP contribution < -0.4 is 0 Å². The van der Waals surface area contributed by atoms with Crippen LogP contribution in [0, 0.1) is 11.8 Å². The Morgan fingerprint density at radius 2 is 2.07 bits per heavy atom. The van der Waals surface area contributed by atoms with Crippen LogP contribution in [0.3, 0.4) is 0 Å². The van der Waals surface area contributed by atoms with E-state index in [2.05, 4.69) is 0 Å². The van der Waals surface area contributed by atoms with Crippen LogP contribution in [0.4, 0.5) is 0 Å². The summed E-state index contributed by atoms with van der Waals surface area (Å²) in [7, 11) is 0. The van der Waals surface area contributed by atoms with Crippen molar-refractivity contribution in [3.63, 3.8) is 0 Å². The molecule has 0 spiro atoms. The summed E-state index contributed by atoms with van der Waals surface area (Å²) in [6.07, 6.45) is 2.70. The van der Waals surface area contributed by atoms with Crippen molar-refractivity contribution in [3.05, 3.63) is 0 Å². The molecule has 0 aromatic rings. The largest absolute Gasteiger partial charge is 0.481 e. The Labute approximate surface area is 82.9 Å². The van der Waals surface area contributed by atoms with Crippen molar-refractivity contribution in [1.82, 2.24) is 4.90 Å². The van der Waals surface area contributed by atoms with E-state index >= 15 is 0 Å². The highest BCUT2D eigenvalue weighted by Gasteiger charge is 2.44. The highest BCUT2D eigenvalue weighted by Crippen LogP contribution is 2.39. The van der Waals surface area contributed by atoms with E-state index in [-0.39, 0.29) is 17.9 Å². The van der Waals surface area contributed by atoms with E-state index in [1.165, 1.54) is 6.92 Å². The number of nitrogens with zero attached hydrogens (tertiary/aromatic N) is 1. The number of rotatable bonds is 1. The summed E-state index contributed by atoms with van der Waals surface area (Å²) in [5.41, 5.74) is 0. The topological polar surface area (TPSA) is 57.6 Å². The fourth-order valence-electron chi connectivity index (χ4n) is 2.82. The Bertz CT molecular complexity index is 253. The molecule has 3 rings (SSSR count). The molecule has 14 heavy (non-hydrogen) atoms. The van der Waals surface area contributed by atoms with Crippen molar-refractivity contribution in [3.8, 4) is 0 Å². The highest BCUT2D eigenvalue weighted by atomic mass is 16.4. The molecular formula is C10H15NO3. The van der Waals surface area contributed by atoms with Crippen molar-refractivity contribution >= 4 is 11.9 Å². The third kappa shape index (κ3) is 1.38. The van der Waals surface area contributed by atoms with Gasteiger partial charge in [0.2, 0.25) is 5.91 Å². The third-order valence-electron chi connectivity index (χ3n) is 3.50. The SMILES string of the molecule is CC(=O)N1C[C@@H]2CC[C@H]1[C@H](C(=O)O)C2. The third-order valence-corrected chi connectivity index (χ3v) is 3.50. The van der Waals surface area contributed by atoms with Crippen LogP contribution in [0.5, 0.6) is 0 Å². The zero-order valence-electron chi connectivity index (χ0n) is 8.27. The first kappa shape index (κ1) is 9.49. The molecule has 78 valence electrons. The lowest BCUT2D eigenvalue weighted by atomic mass is 9.73. The van der Waals surface area contributed by atoms with Gasteiger partial charge >= 0.3 is 5.97 Å². The van der Waals surface area contributed by atoms with Gasteiger partial charge in [-0.2, -0.15) is 0 Å². The molecular weight excluding hydrogens is 182 g/mol. The molecule has 3 aliphatic rings. The molecule has 0 aromatic heterocycles. The van der Waals surface area contributed by atoms with Gasteiger partial charge in [0.05, 0.1) is 5.92 Å². The first-order valence-electron chi connectivity index (χ1n) is 5.09. The van der Waals surface area contributed by atoms with Crippen LogP contribution in [-0.2, 0) is 9.59 Å². The first-order valence-corrected chi connectivity index (χ1v) is 5.09. The van der Waals surface area contributed by atoms with Crippen LogP contribution in [-0.4, -0.2) is 34.5 Å². The number of carboxylic acid groups (broad SMARTS) is 1. The maximum atomic E-state index is 11.3. The van der Waals surface area contributed by atoms with Crippen LogP contribution in [0.25, 0.3) is 0 Å². The second-order valence-corrected chi connectivity index (χ2v) is 4.36. The van der Waals surface area contributed by atoms with Crippen molar-refractivity contribution < 1.29 is 14.7 Å². The summed E-state index contributed by atoms with van der Waals surface area (Å²) < 4.78 is 0. The number of piperidine rings is 2. The summed E-state index contributed by atoms with van der Waals surface area (Å²) in [5, 5.41) is 9.02. The average Bonchev–Trinajstić information content (AvgIpc) is 2.18. The van der Waals surface area contributed by atoms with Gasteiger partial charge in [0, 0.05) is 19.5 Å². The standard InChI is InChI=1S/C10H15NO3/c1-6(12)11-5-7-2-3-9(11)8(4-7)10(13)14/h7-9H,2-5H2,1H3,(H,13,14)/t7-,8-,9+/m1/s1. The van der Waals surface area contributed by atoms with Gasteiger partial charge in [-0.05, 0) is 25.2 Å². The molecule has 2 saturated heterocycles. The van der Waals surface area contributed by atoms with Gasteiger partial charge in [0.25, 0.3) is 0 Å². The first-order chi connectivity index (χ1) is 6.59. The van der Waals surface area contributed by atoms with E-state index in [0.717, 1.165) is 25.8 Å². The van der Waals surface area contributed by atoms with E-state index in [4.69, 9.17) is 5.11 Å². The van der Waals surface area contributed by atoms with E-state index < -0.39 is 5.97 Å². The summed E-state index contributed by atoms with van der Waals surface area (Å²) in [6.45, 7) is 2.30. The molecule has 0 unspecified atom stereocenters. The lowest BCUT2D eigenvalue weighted by molar-refractivity contribution is -0.154. The number of carbonyl (C=O) groups excluding carboxylic acids is 1. The average molecular weight is 197 g/mol.